The molecule has 1 aliphatic heterocycles. The molecule has 252 valence electrons. The second-order valence-corrected chi connectivity index (χ2v) is 11.3. The number of fused-ring (bicyclic) bond motifs is 2. The molecular weight excluding hydrogens is 608 g/mol. The van der Waals surface area contributed by atoms with E-state index >= 15 is 0 Å². The lowest BCUT2D eigenvalue weighted by Crippen LogP contribution is -2.36. The fourth-order valence-corrected chi connectivity index (χ4v) is 5.09. The van der Waals surface area contributed by atoms with Crippen LogP contribution in [-0.2, 0) is 19.0 Å². The van der Waals surface area contributed by atoms with Gasteiger partial charge in [0.25, 0.3) is 11.8 Å². The molecular formula is C34H42N4O9. The minimum atomic E-state index is -1.05. The molecule has 0 fully saturated rings. The number of phenols is 2. The minimum absolute atomic E-state index is 0.0111. The number of hydrogen-bond acceptors (Lipinski definition) is 10. The van der Waals surface area contributed by atoms with Gasteiger partial charge >= 0.3 is 6.09 Å². The summed E-state index contributed by atoms with van der Waals surface area (Å²) >= 11 is 0. The van der Waals surface area contributed by atoms with E-state index in [0.717, 1.165) is 6.07 Å². The zero-order chi connectivity index (χ0) is 34.8. The van der Waals surface area contributed by atoms with Crippen molar-refractivity contribution in [3.63, 3.8) is 0 Å². The van der Waals surface area contributed by atoms with E-state index < -0.39 is 59.7 Å². The van der Waals surface area contributed by atoms with Crippen molar-refractivity contribution in [2.24, 2.45) is 11.7 Å². The number of phenolic OH excluding ortho intramolecular Hbond substituents is 2. The number of aromatic nitrogens is 1. The van der Waals surface area contributed by atoms with Crippen molar-refractivity contribution < 1.29 is 43.9 Å². The number of pyridine rings is 1. The maximum absolute atomic E-state index is 13.1. The average Bonchev–Trinajstić information content (AvgIpc) is 3.04. The highest BCUT2D eigenvalue weighted by Crippen LogP contribution is 2.42. The van der Waals surface area contributed by atoms with Gasteiger partial charge in [0.2, 0.25) is 0 Å². The first-order chi connectivity index (χ1) is 22.3. The zero-order valence-electron chi connectivity index (χ0n) is 27.2. The molecule has 1 aromatic heterocycles. The number of nitrogens with one attached hydrogen (secondary N) is 2. The molecule has 0 spiro atoms. The zero-order valence-corrected chi connectivity index (χ0v) is 27.2. The number of ether oxygens (including phenoxy) is 3. The second-order valence-electron chi connectivity index (χ2n) is 11.3. The van der Waals surface area contributed by atoms with Crippen LogP contribution in [-0.4, -0.2) is 76.8 Å². The summed E-state index contributed by atoms with van der Waals surface area (Å²) < 4.78 is 16.6. The number of benzene rings is 1. The maximum atomic E-state index is 13.1. The van der Waals surface area contributed by atoms with Crippen LogP contribution >= 0.6 is 0 Å². The van der Waals surface area contributed by atoms with E-state index in [1.54, 1.807) is 39.0 Å². The number of anilines is 2. The van der Waals surface area contributed by atoms with Crippen LogP contribution in [0.4, 0.5) is 16.2 Å². The summed E-state index contributed by atoms with van der Waals surface area (Å²) in [7, 11) is 2.86. The number of nitrogens with two attached hydrogens (primary N) is 1. The van der Waals surface area contributed by atoms with Crippen LogP contribution in [0.2, 0.25) is 0 Å². The van der Waals surface area contributed by atoms with E-state index in [1.807, 2.05) is 0 Å². The number of aliphatic hydroxyl groups is 1. The van der Waals surface area contributed by atoms with Gasteiger partial charge in [0.1, 0.15) is 17.6 Å². The predicted molar refractivity (Wildman–Crippen MR) is 177 cm³/mol. The van der Waals surface area contributed by atoms with Gasteiger partial charge in [-0.15, -0.1) is 0 Å². The molecule has 7 N–H and O–H groups in total. The molecule has 13 nitrogen and oxygen atoms in total. The summed E-state index contributed by atoms with van der Waals surface area (Å²) in [6.45, 7) is 6.73. The lowest BCUT2D eigenvalue weighted by molar-refractivity contribution is -0.112. The van der Waals surface area contributed by atoms with Gasteiger partial charge in [-0.25, -0.2) is 4.79 Å². The average molecular weight is 651 g/mol. The molecule has 2 heterocycles. The van der Waals surface area contributed by atoms with Crippen molar-refractivity contribution in [3.05, 3.63) is 82.7 Å². The number of methoxy groups -OCH3 is 2. The number of hydrogen-bond donors (Lipinski definition) is 6. The van der Waals surface area contributed by atoms with Crippen LogP contribution in [0.15, 0.2) is 71.6 Å². The van der Waals surface area contributed by atoms with Crippen LogP contribution in [0.3, 0.4) is 0 Å². The number of allylic oxidation sites excluding steroid dienone is 2. The van der Waals surface area contributed by atoms with Crippen LogP contribution < -0.4 is 16.4 Å². The maximum Gasteiger partial charge on any atom is 0.405 e. The van der Waals surface area contributed by atoms with Crippen molar-refractivity contribution >= 4 is 35.4 Å². The third-order valence-electron chi connectivity index (χ3n) is 7.66. The number of aliphatic hydroxyl groups excluding tert-OH is 1. The number of carbonyl (C=O) groups excluding carboxylic acids is 3. The van der Waals surface area contributed by atoms with Crippen LogP contribution in [0.25, 0.3) is 6.08 Å². The minimum Gasteiger partial charge on any atom is -0.506 e. The van der Waals surface area contributed by atoms with Crippen LogP contribution in [0, 0.1) is 5.92 Å². The van der Waals surface area contributed by atoms with E-state index in [9.17, 15) is 29.7 Å². The first-order valence-corrected chi connectivity index (χ1v) is 14.8. The van der Waals surface area contributed by atoms with Crippen molar-refractivity contribution in [3.8, 4) is 11.5 Å². The number of nitrogens with zero attached hydrogens (tertiary/aromatic N) is 1. The molecule has 2 bridgehead atoms. The number of carbonyl (C=O) groups is 3. The summed E-state index contributed by atoms with van der Waals surface area (Å²) in [5.74, 6) is -2.56. The highest BCUT2D eigenvalue weighted by atomic mass is 16.6. The van der Waals surface area contributed by atoms with Crippen molar-refractivity contribution in [1.29, 1.82) is 0 Å². The summed E-state index contributed by atoms with van der Waals surface area (Å²) in [4.78, 5) is 41.9. The van der Waals surface area contributed by atoms with Crippen LogP contribution in [0.1, 0.15) is 50.0 Å². The molecule has 1 aliphatic rings. The van der Waals surface area contributed by atoms with Gasteiger partial charge in [0.05, 0.1) is 29.1 Å². The lowest BCUT2D eigenvalue weighted by Gasteiger charge is -2.28. The number of aromatic hydroxyl groups is 2. The Hall–Kier alpha value is -4.98. The summed E-state index contributed by atoms with van der Waals surface area (Å²) in [6.07, 6.45) is 6.28. The predicted octanol–water partition coefficient (Wildman–Crippen LogP) is 4.43. The third-order valence-corrected chi connectivity index (χ3v) is 7.66. The molecule has 2 aromatic rings. The molecule has 0 radical (unpaired) electrons. The van der Waals surface area contributed by atoms with E-state index in [4.69, 9.17) is 19.9 Å². The second kappa shape index (κ2) is 16.5. The van der Waals surface area contributed by atoms with Gasteiger partial charge < -0.3 is 45.9 Å². The molecule has 1 aromatic carbocycles. The van der Waals surface area contributed by atoms with E-state index in [-0.39, 0.29) is 34.5 Å². The van der Waals surface area contributed by atoms with E-state index in [2.05, 4.69) is 15.6 Å². The number of primary amides is 1. The van der Waals surface area contributed by atoms with E-state index in [1.165, 1.54) is 57.8 Å². The fraction of sp³-hybridized carbons (Fsp3) is 0.353. The monoisotopic (exact) mass is 650 g/mol. The molecule has 0 unspecified atom stereocenters. The molecule has 3 rings (SSSR count). The van der Waals surface area contributed by atoms with Gasteiger partial charge in [-0.05, 0) is 51.0 Å². The molecule has 0 aliphatic carbocycles. The SMILES string of the molecule is CO[C@H]1C=CC=C(C)C(=O)Nc2cc(O)c(NC(=O)c3cccnc3)c(c2O)C=C(C)C[C@H](OC)[C@H](O)[C@@H](C)C=C(C)[C@@H]1OC(N)=O. The Bertz CT molecular complexity index is 1580. The standard InChI is InChI=1S/C34H42N4O9/c1-18-13-23-28(38-33(43)22-10-8-12-36-17-22)25(39)16-24(30(23)41)37-32(42)19(2)9-7-11-26(45-5)31(47-34(35)44)21(4)15-20(3)29(40)27(14-18)46-6/h7-13,15-17,20,26-27,29,31,39-41H,14H2,1-6H3,(H2,35,44)(H,37,42)(H,38,43)/t20-,26-,27-,29+,31-/m0/s1. The van der Waals surface area contributed by atoms with Gasteiger partial charge in [-0.2, -0.15) is 0 Å². The van der Waals surface area contributed by atoms with Gasteiger partial charge in [-0.3, -0.25) is 14.6 Å². The van der Waals surface area contributed by atoms with Crippen molar-refractivity contribution in [2.45, 2.75) is 58.5 Å². The van der Waals surface area contributed by atoms with Crippen molar-refractivity contribution in [1.82, 2.24) is 4.98 Å². The van der Waals surface area contributed by atoms with Gasteiger partial charge in [-0.1, -0.05) is 36.8 Å². The van der Waals surface area contributed by atoms with Gasteiger partial charge in [0, 0.05) is 49.7 Å². The number of amides is 3. The normalized spacial score (nSPS) is 22.7. The fourth-order valence-electron chi connectivity index (χ4n) is 5.09. The molecule has 47 heavy (non-hydrogen) atoms. The molecule has 5 atom stereocenters. The summed E-state index contributed by atoms with van der Waals surface area (Å²) in [5, 5.41) is 38.9. The Morgan fingerprint density at radius 1 is 1.15 bits per heavy atom. The molecule has 13 heteroatoms. The highest BCUT2D eigenvalue weighted by Gasteiger charge is 2.29. The van der Waals surface area contributed by atoms with Gasteiger partial charge in [0.15, 0.2) is 6.10 Å². The Morgan fingerprint density at radius 3 is 2.49 bits per heavy atom. The first-order valence-electron chi connectivity index (χ1n) is 14.8. The Kier molecular flexibility index (Phi) is 12.8. The van der Waals surface area contributed by atoms with Crippen LogP contribution in [0.5, 0.6) is 11.5 Å². The number of rotatable bonds is 5. The summed E-state index contributed by atoms with van der Waals surface area (Å²) in [5.41, 5.74) is 6.70. The molecule has 0 saturated heterocycles. The molecule has 0 saturated carbocycles. The topological polar surface area (TPSA) is 203 Å². The highest BCUT2D eigenvalue weighted by molar-refractivity contribution is 6.08. The Balaban J connectivity index is 2.18. The van der Waals surface area contributed by atoms with Crippen molar-refractivity contribution in [2.75, 3.05) is 24.9 Å². The third kappa shape index (κ3) is 9.51. The first kappa shape index (κ1) is 36.5. The summed E-state index contributed by atoms with van der Waals surface area (Å²) in [6, 6.07) is 4.24. The smallest absolute Gasteiger partial charge is 0.405 e. The largest absolute Gasteiger partial charge is 0.506 e. The van der Waals surface area contributed by atoms with E-state index in [0.29, 0.717) is 11.1 Å². The Labute approximate surface area is 273 Å². The Morgan fingerprint density at radius 2 is 1.87 bits per heavy atom. The molecule has 3 amide bonds. The quantitative estimate of drug-likeness (QED) is 0.153. The lowest BCUT2D eigenvalue weighted by atomic mass is 9.91.